The Hall–Kier alpha value is -1.78. The zero-order chi connectivity index (χ0) is 17.1. The predicted molar refractivity (Wildman–Crippen MR) is 92.6 cm³/mol. The normalized spacial score (nSPS) is 11.5. The van der Waals surface area contributed by atoms with Crippen LogP contribution in [0.1, 0.15) is 19.4 Å². The molecule has 0 amide bonds. The summed E-state index contributed by atoms with van der Waals surface area (Å²) in [4.78, 5) is 15.7. The quantitative estimate of drug-likeness (QED) is 0.583. The number of aromatic nitrogens is 1. The summed E-state index contributed by atoms with van der Waals surface area (Å²) in [5.41, 5.74) is 1.82. The Kier molecular flexibility index (Phi) is 6.68. The maximum absolute atomic E-state index is 11.2. The van der Waals surface area contributed by atoms with E-state index in [1.807, 2.05) is 31.2 Å². The second-order valence-electron chi connectivity index (χ2n) is 5.67. The van der Waals surface area contributed by atoms with Crippen LogP contribution in [0.25, 0.3) is 10.9 Å². The van der Waals surface area contributed by atoms with Crippen molar-refractivity contribution in [1.82, 2.24) is 4.98 Å². The van der Waals surface area contributed by atoms with Crippen molar-refractivity contribution in [3.63, 3.8) is 0 Å². The van der Waals surface area contributed by atoms with Crippen molar-refractivity contribution in [3.8, 4) is 17.4 Å². The molecular formula is C20H18NO3Y+2. The fourth-order valence-electron chi connectivity index (χ4n) is 2.18. The Morgan fingerprint density at radius 2 is 1.68 bits per heavy atom. The van der Waals surface area contributed by atoms with Crippen LogP contribution in [-0.4, -0.2) is 16.9 Å². The Bertz CT molecular complexity index is 878. The summed E-state index contributed by atoms with van der Waals surface area (Å²) in [6.07, 6.45) is -0.460. The largest absolute Gasteiger partial charge is 3.00 e. The zero-order valence-corrected chi connectivity index (χ0v) is 17.3. The van der Waals surface area contributed by atoms with Crippen LogP contribution < -0.4 is 9.47 Å². The Balaban J connectivity index is 0.00000225. The van der Waals surface area contributed by atoms with Crippen LogP contribution in [0.4, 0.5) is 0 Å². The molecule has 0 saturated carbocycles. The number of pyridine rings is 1. The number of hydrogen-bond donors (Lipinski definition) is 0. The van der Waals surface area contributed by atoms with Crippen molar-refractivity contribution in [2.45, 2.75) is 26.9 Å². The number of Topliss-reactive ketones (excluding diaryl/α,β-unsaturated/α-hetero) is 1. The van der Waals surface area contributed by atoms with Gasteiger partial charge in [-0.2, -0.15) is 23.8 Å². The van der Waals surface area contributed by atoms with Gasteiger partial charge >= 0.3 is 32.7 Å². The van der Waals surface area contributed by atoms with Gasteiger partial charge in [-0.1, -0.05) is 6.92 Å². The molecule has 0 aliphatic rings. The van der Waals surface area contributed by atoms with Gasteiger partial charge in [0.1, 0.15) is 11.5 Å². The summed E-state index contributed by atoms with van der Waals surface area (Å²) in [5.74, 6) is 1.77. The molecule has 2 aromatic carbocycles. The maximum atomic E-state index is 11.2. The minimum Gasteiger partial charge on any atom is -0.483 e. The number of carbonyl (C=O) groups excluding carboxylic acids is 1. The van der Waals surface area contributed by atoms with Crippen molar-refractivity contribution in [2.24, 2.45) is 0 Å². The van der Waals surface area contributed by atoms with Gasteiger partial charge in [0.25, 0.3) is 0 Å². The van der Waals surface area contributed by atoms with Gasteiger partial charge in [-0.15, -0.1) is 11.5 Å². The van der Waals surface area contributed by atoms with Crippen molar-refractivity contribution in [3.05, 3.63) is 60.2 Å². The minimum atomic E-state index is -0.460. The molecule has 25 heavy (non-hydrogen) atoms. The summed E-state index contributed by atoms with van der Waals surface area (Å²) in [5, 5.41) is 1.02. The molecular weight excluding hydrogens is 391 g/mol. The number of hydrogen-bond acceptors (Lipinski definition) is 4. The fourth-order valence-corrected chi connectivity index (χ4v) is 2.18. The molecule has 122 valence electrons. The molecule has 1 unspecified atom stereocenters. The standard InChI is InChI=1S/C20H18NO3.Y/c1-13-4-5-16-6-11-20(21-19(16)12-13)24-18-9-7-17(8-10-18)23-15(3)14(2)22;/h4-11,15H,1-3H3;/q-1;+3. The van der Waals surface area contributed by atoms with Gasteiger partial charge in [-0.25, -0.2) is 4.98 Å². The molecule has 0 N–H and O–H groups in total. The Labute approximate surface area is 172 Å². The molecule has 1 aromatic heterocycles. The van der Waals surface area contributed by atoms with Gasteiger partial charge in [0.2, 0.25) is 5.88 Å². The van der Waals surface area contributed by atoms with Crippen LogP contribution in [0.2, 0.25) is 0 Å². The summed E-state index contributed by atoms with van der Waals surface area (Å²) in [6, 6.07) is 18.1. The van der Waals surface area contributed by atoms with E-state index in [-0.39, 0.29) is 38.5 Å². The van der Waals surface area contributed by atoms with Crippen LogP contribution >= 0.6 is 0 Å². The van der Waals surface area contributed by atoms with Gasteiger partial charge in [-0.05, 0) is 49.7 Å². The number of carbonyl (C=O) groups is 1. The zero-order valence-electron chi connectivity index (χ0n) is 14.4. The number of benzene rings is 2. The van der Waals surface area contributed by atoms with Crippen molar-refractivity contribution in [2.75, 3.05) is 0 Å². The average Bonchev–Trinajstić information content (AvgIpc) is 2.56. The molecule has 1 atom stereocenters. The van der Waals surface area contributed by atoms with Gasteiger partial charge in [0.05, 0.1) is 0 Å². The van der Waals surface area contributed by atoms with Crippen molar-refractivity contribution < 1.29 is 47.0 Å². The van der Waals surface area contributed by atoms with E-state index in [9.17, 15) is 4.79 Å². The third kappa shape index (κ3) is 5.10. The van der Waals surface area contributed by atoms with E-state index in [2.05, 4.69) is 11.1 Å². The number of ether oxygens (including phenoxy) is 2. The second-order valence-corrected chi connectivity index (χ2v) is 5.67. The Morgan fingerprint density at radius 3 is 2.36 bits per heavy atom. The van der Waals surface area contributed by atoms with Crippen molar-refractivity contribution >= 4 is 16.7 Å². The van der Waals surface area contributed by atoms with Crippen LogP contribution in [0.3, 0.4) is 0 Å². The monoisotopic (exact) mass is 409 g/mol. The van der Waals surface area contributed by atoms with E-state index in [0.29, 0.717) is 17.4 Å². The predicted octanol–water partition coefficient (Wildman–Crippen LogP) is 4.49. The van der Waals surface area contributed by atoms with E-state index < -0.39 is 6.10 Å². The first-order valence-electron chi connectivity index (χ1n) is 7.76. The molecule has 5 heteroatoms. The molecule has 4 nitrogen and oxygen atoms in total. The van der Waals surface area contributed by atoms with E-state index >= 15 is 0 Å². The molecule has 0 aliphatic carbocycles. The smallest absolute Gasteiger partial charge is 0.483 e. The topological polar surface area (TPSA) is 48.4 Å². The Morgan fingerprint density at radius 1 is 1.04 bits per heavy atom. The SMILES string of the molecule is CC(=O)C(C)Oc1ccc(Oc2ccc3ccc(C)[c-]c3n2)cc1.[Y+3]. The molecule has 0 bridgehead atoms. The van der Waals surface area contributed by atoms with E-state index in [4.69, 9.17) is 9.47 Å². The van der Waals surface area contributed by atoms with Gasteiger partial charge < -0.3 is 9.47 Å². The number of ketones is 1. The summed E-state index contributed by atoms with van der Waals surface area (Å²) in [6.45, 7) is 5.21. The average molecular weight is 409 g/mol. The van der Waals surface area contributed by atoms with Crippen LogP contribution in [0, 0.1) is 13.0 Å². The van der Waals surface area contributed by atoms with Gasteiger partial charge in [-0.3, -0.25) is 4.79 Å². The number of aryl methyl sites for hydroxylation is 1. The van der Waals surface area contributed by atoms with Crippen LogP contribution in [0.15, 0.2) is 48.5 Å². The number of nitrogens with zero attached hydrogens (tertiary/aromatic N) is 1. The van der Waals surface area contributed by atoms with E-state index in [1.165, 1.54) is 6.92 Å². The van der Waals surface area contributed by atoms with Crippen LogP contribution in [-0.2, 0) is 37.5 Å². The first kappa shape index (κ1) is 19.5. The number of rotatable bonds is 5. The van der Waals surface area contributed by atoms with E-state index in [1.54, 1.807) is 31.2 Å². The molecule has 0 radical (unpaired) electrons. The van der Waals surface area contributed by atoms with Crippen molar-refractivity contribution in [1.29, 1.82) is 0 Å². The maximum Gasteiger partial charge on any atom is 3.00 e. The summed E-state index contributed by atoms with van der Waals surface area (Å²) < 4.78 is 11.3. The third-order valence-electron chi connectivity index (χ3n) is 3.66. The first-order valence-corrected chi connectivity index (χ1v) is 7.76. The second kappa shape index (κ2) is 8.55. The van der Waals surface area contributed by atoms with Gasteiger partial charge in [0.15, 0.2) is 11.9 Å². The van der Waals surface area contributed by atoms with Crippen LogP contribution in [0.5, 0.6) is 17.4 Å². The summed E-state index contributed by atoms with van der Waals surface area (Å²) in [7, 11) is 0. The molecule has 3 aromatic rings. The number of fused-ring (bicyclic) bond motifs is 1. The molecule has 3 rings (SSSR count). The first-order chi connectivity index (χ1) is 11.5. The molecule has 0 aliphatic heterocycles. The fraction of sp³-hybridized carbons (Fsp3) is 0.200. The third-order valence-corrected chi connectivity index (χ3v) is 3.66. The minimum absolute atomic E-state index is 0. The van der Waals surface area contributed by atoms with E-state index in [0.717, 1.165) is 16.5 Å². The molecule has 0 fully saturated rings. The van der Waals surface area contributed by atoms with Gasteiger partial charge in [0, 0.05) is 0 Å². The molecule has 0 saturated heterocycles. The molecule has 0 spiro atoms. The summed E-state index contributed by atoms with van der Waals surface area (Å²) >= 11 is 0. The molecule has 1 heterocycles.